The van der Waals surface area contributed by atoms with E-state index in [4.69, 9.17) is 0 Å². The van der Waals surface area contributed by atoms with Gasteiger partial charge in [-0.15, -0.1) is 11.8 Å². The van der Waals surface area contributed by atoms with E-state index in [1.165, 1.54) is 11.8 Å². The van der Waals surface area contributed by atoms with E-state index in [-0.39, 0.29) is 11.6 Å². The average molecular weight is 202 g/mol. The van der Waals surface area contributed by atoms with Crippen LogP contribution in [0.1, 0.15) is 41.5 Å². The van der Waals surface area contributed by atoms with Gasteiger partial charge in [-0.05, 0) is 41.5 Å². The second-order valence-electron chi connectivity index (χ2n) is 4.24. The smallest absolute Gasteiger partial charge is 0.145 e. The first kappa shape index (κ1) is 12.7. The molecule has 0 radical (unpaired) electrons. The van der Waals surface area contributed by atoms with Gasteiger partial charge in [0.2, 0.25) is 0 Å². The summed E-state index contributed by atoms with van der Waals surface area (Å²) < 4.78 is -0.954. The lowest BCUT2D eigenvalue weighted by atomic mass is 10.1. The molecule has 0 saturated heterocycles. The predicted octanol–water partition coefficient (Wildman–Crippen LogP) is 2.45. The van der Waals surface area contributed by atoms with E-state index in [1.54, 1.807) is 13.8 Å². The molecule has 0 saturated carbocycles. The molecule has 0 fully saturated rings. The predicted molar refractivity (Wildman–Crippen MR) is 57.1 cm³/mol. The number of carbonyl (C=O) groups excluding carboxylic acids is 2. The lowest BCUT2D eigenvalue weighted by Gasteiger charge is -2.30. The van der Waals surface area contributed by atoms with E-state index in [1.807, 2.05) is 27.7 Å². The minimum absolute atomic E-state index is 0.104. The fourth-order valence-corrected chi connectivity index (χ4v) is 2.34. The summed E-state index contributed by atoms with van der Waals surface area (Å²) >= 11 is 1.42. The van der Waals surface area contributed by atoms with Crippen LogP contribution in [0.2, 0.25) is 0 Å². The maximum Gasteiger partial charge on any atom is 0.145 e. The van der Waals surface area contributed by atoms with E-state index in [0.717, 1.165) is 0 Å². The van der Waals surface area contributed by atoms with Gasteiger partial charge in [0.25, 0.3) is 0 Å². The molecule has 0 spiro atoms. The van der Waals surface area contributed by atoms with Crippen molar-refractivity contribution in [3.63, 3.8) is 0 Å². The number of carbonyl (C=O) groups is 2. The Morgan fingerprint density at radius 1 is 0.846 bits per heavy atom. The minimum atomic E-state index is -0.477. The van der Waals surface area contributed by atoms with Crippen LogP contribution in [0.15, 0.2) is 0 Å². The summed E-state index contributed by atoms with van der Waals surface area (Å²) in [6.45, 7) is 10.5. The molecular formula is C10H18O2S. The topological polar surface area (TPSA) is 34.1 Å². The van der Waals surface area contributed by atoms with E-state index in [2.05, 4.69) is 0 Å². The van der Waals surface area contributed by atoms with Crippen molar-refractivity contribution in [2.24, 2.45) is 0 Å². The lowest BCUT2D eigenvalue weighted by molar-refractivity contribution is -0.118. The molecule has 3 heteroatoms. The lowest BCUT2D eigenvalue weighted by Crippen LogP contribution is -2.36. The molecule has 0 atom stereocenters. The molecule has 0 aromatic heterocycles. The van der Waals surface area contributed by atoms with E-state index in [0.29, 0.717) is 0 Å². The molecule has 0 aliphatic carbocycles. The van der Waals surface area contributed by atoms with Crippen LogP contribution >= 0.6 is 11.8 Å². The Morgan fingerprint density at radius 3 is 1.23 bits per heavy atom. The minimum Gasteiger partial charge on any atom is -0.298 e. The zero-order chi connectivity index (χ0) is 10.9. The molecule has 0 aliphatic rings. The molecule has 0 N–H and O–H groups in total. The standard InChI is InChI=1S/C10H18O2S/c1-7(11)9(3,4)13-10(5,6)8(2)12/h1-6H3. The summed E-state index contributed by atoms with van der Waals surface area (Å²) in [5.74, 6) is 0.207. The number of ketones is 2. The van der Waals surface area contributed by atoms with Crippen molar-refractivity contribution in [2.45, 2.75) is 51.0 Å². The van der Waals surface area contributed by atoms with Crippen LogP contribution < -0.4 is 0 Å². The molecule has 0 heterocycles. The first-order chi connectivity index (χ1) is 5.59. The van der Waals surface area contributed by atoms with Crippen molar-refractivity contribution in [3.8, 4) is 0 Å². The number of hydrogen-bond donors (Lipinski definition) is 0. The molecule has 76 valence electrons. The zero-order valence-electron chi connectivity index (χ0n) is 9.22. The van der Waals surface area contributed by atoms with Crippen LogP contribution in [0, 0.1) is 0 Å². The Bertz CT molecular complexity index is 205. The Balaban J connectivity index is 4.61. The second-order valence-corrected chi connectivity index (χ2v) is 6.48. The summed E-state index contributed by atoms with van der Waals surface area (Å²) in [6, 6.07) is 0. The molecule has 13 heavy (non-hydrogen) atoms. The number of thioether (sulfide) groups is 1. The van der Waals surface area contributed by atoms with Gasteiger partial charge in [0.1, 0.15) is 11.6 Å². The van der Waals surface area contributed by atoms with Crippen LogP contribution in [-0.4, -0.2) is 21.1 Å². The molecule has 0 unspecified atom stereocenters. The Labute approximate surface area is 84.5 Å². The normalized spacial score (nSPS) is 12.8. The molecule has 0 aromatic carbocycles. The molecule has 0 aliphatic heterocycles. The van der Waals surface area contributed by atoms with Crippen LogP contribution in [0.4, 0.5) is 0 Å². The number of rotatable bonds is 4. The zero-order valence-corrected chi connectivity index (χ0v) is 10.0. The highest BCUT2D eigenvalue weighted by atomic mass is 32.2. The van der Waals surface area contributed by atoms with Gasteiger partial charge in [0.05, 0.1) is 9.49 Å². The highest BCUT2D eigenvalue weighted by molar-refractivity contribution is 8.03. The summed E-state index contributed by atoms with van der Waals surface area (Å²) in [5, 5.41) is 0. The van der Waals surface area contributed by atoms with Gasteiger partial charge in [0.15, 0.2) is 0 Å². The average Bonchev–Trinajstić information content (AvgIpc) is 1.83. The van der Waals surface area contributed by atoms with Crippen molar-refractivity contribution < 1.29 is 9.59 Å². The monoisotopic (exact) mass is 202 g/mol. The summed E-state index contributed by atoms with van der Waals surface area (Å²) in [5.41, 5.74) is 0. The van der Waals surface area contributed by atoms with E-state index >= 15 is 0 Å². The highest BCUT2D eigenvalue weighted by Crippen LogP contribution is 2.37. The van der Waals surface area contributed by atoms with Gasteiger partial charge in [-0.3, -0.25) is 9.59 Å². The number of hydrogen-bond acceptors (Lipinski definition) is 3. The van der Waals surface area contributed by atoms with Crippen LogP contribution in [0.5, 0.6) is 0 Å². The molecular weight excluding hydrogens is 184 g/mol. The molecule has 0 amide bonds. The van der Waals surface area contributed by atoms with Crippen molar-refractivity contribution in [3.05, 3.63) is 0 Å². The first-order valence-electron chi connectivity index (χ1n) is 4.32. The largest absolute Gasteiger partial charge is 0.298 e. The fourth-order valence-electron chi connectivity index (χ4n) is 0.782. The first-order valence-corrected chi connectivity index (χ1v) is 5.13. The highest BCUT2D eigenvalue weighted by Gasteiger charge is 2.35. The maximum absolute atomic E-state index is 11.2. The van der Waals surface area contributed by atoms with Crippen molar-refractivity contribution in [2.75, 3.05) is 0 Å². The Kier molecular flexibility index (Phi) is 3.73. The SMILES string of the molecule is CC(=O)C(C)(C)SC(C)(C)C(C)=O. The Morgan fingerprint density at radius 2 is 1.08 bits per heavy atom. The molecule has 0 bridgehead atoms. The third kappa shape index (κ3) is 3.51. The summed E-state index contributed by atoms with van der Waals surface area (Å²) in [7, 11) is 0. The van der Waals surface area contributed by atoms with Gasteiger partial charge in [0, 0.05) is 0 Å². The van der Waals surface area contributed by atoms with Crippen molar-refractivity contribution >= 4 is 23.3 Å². The van der Waals surface area contributed by atoms with Crippen molar-refractivity contribution in [1.82, 2.24) is 0 Å². The Hall–Kier alpha value is -0.310. The van der Waals surface area contributed by atoms with Gasteiger partial charge >= 0.3 is 0 Å². The van der Waals surface area contributed by atoms with Gasteiger partial charge < -0.3 is 0 Å². The van der Waals surface area contributed by atoms with Crippen molar-refractivity contribution in [1.29, 1.82) is 0 Å². The third-order valence-corrected chi connectivity index (χ3v) is 3.80. The van der Waals surface area contributed by atoms with E-state index < -0.39 is 9.49 Å². The third-order valence-electron chi connectivity index (χ3n) is 2.21. The van der Waals surface area contributed by atoms with Crippen LogP contribution in [-0.2, 0) is 9.59 Å². The van der Waals surface area contributed by atoms with Crippen LogP contribution in [0.3, 0.4) is 0 Å². The molecule has 0 aromatic rings. The summed E-state index contributed by atoms with van der Waals surface area (Å²) in [4.78, 5) is 22.5. The molecule has 0 rings (SSSR count). The van der Waals surface area contributed by atoms with Gasteiger partial charge in [-0.2, -0.15) is 0 Å². The van der Waals surface area contributed by atoms with E-state index in [9.17, 15) is 9.59 Å². The summed E-state index contributed by atoms with van der Waals surface area (Å²) in [6.07, 6.45) is 0. The van der Waals surface area contributed by atoms with Gasteiger partial charge in [-0.25, -0.2) is 0 Å². The van der Waals surface area contributed by atoms with Crippen LogP contribution in [0.25, 0.3) is 0 Å². The van der Waals surface area contributed by atoms with Gasteiger partial charge in [-0.1, -0.05) is 0 Å². The second kappa shape index (κ2) is 3.82. The number of Topliss-reactive ketones (excluding diaryl/α,β-unsaturated/α-hetero) is 2. The molecule has 2 nitrogen and oxygen atoms in total. The maximum atomic E-state index is 11.2. The quantitative estimate of drug-likeness (QED) is 0.702. The fraction of sp³-hybridized carbons (Fsp3) is 0.800.